The molecule has 8 heteroatoms. The van der Waals surface area contributed by atoms with Crippen molar-refractivity contribution in [1.29, 1.82) is 0 Å². The number of Topliss-reactive ketones (excluding diaryl/α,β-unsaturated/α-hetero) is 2. The second kappa shape index (κ2) is 11.2. The highest BCUT2D eigenvalue weighted by molar-refractivity contribution is 5.96. The van der Waals surface area contributed by atoms with E-state index in [4.69, 9.17) is 4.52 Å². The Morgan fingerprint density at radius 3 is 2.55 bits per heavy atom. The van der Waals surface area contributed by atoms with Crippen LogP contribution >= 0.6 is 0 Å². The zero-order valence-corrected chi connectivity index (χ0v) is 22.5. The molecule has 0 aliphatic carbocycles. The average molecular weight is 524 g/mol. The van der Waals surface area contributed by atoms with E-state index in [1.807, 2.05) is 32.0 Å². The summed E-state index contributed by atoms with van der Waals surface area (Å²) in [5.74, 6) is -1.09. The maximum atomic E-state index is 14.2. The number of hydrogen-bond donors (Lipinski definition) is 0. The zero-order valence-electron chi connectivity index (χ0n) is 22.5. The number of carbonyl (C=O) groups excluding carboxylic acids is 2. The monoisotopic (exact) mass is 523 g/mol. The van der Waals surface area contributed by atoms with E-state index in [1.165, 1.54) is 12.1 Å². The molecular weight excluding hydrogens is 488 g/mol. The predicted octanol–water partition coefficient (Wildman–Crippen LogP) is 6.26. The molecule has 1 aliphatic rings. The first-order chi connectivity index (χ1) is 18.0. The minimum Gasteiger partial charge on any atom is -0.355 e. The number of rotatable bonds is 12. The Morgan fingerprint density at radius 2 is 1.89 bits per heavy atom. The molecule has 1 atom stereocenters. The van der Waals surface area contributed by atoms with Crippen LogP contribution in [0.4, 0.5) is 8.78 Å². The van der Waals surface area contributed by atoms with E-state index in [9.17, 15) is 18.4 Å². The Hall–Kier alpha value is -3.26. The molecule has 0 bridgehead atoms. The molecule has 1 aromatic carbocycles. The van der Waals surface area contributed by atoms with Gasteiger partial charge in [-0.15, -0.1) is 0 Å². The van der Waals surface area contributed by atoms with Crippen molar-refractivity contribution in [2.75, 3.05) is 19.6 Å². The molecule has 0 spiro atoms. The third-order valence-corrected chi connectivity index (χ3v) is 7.48. The normalized spacial score (nSPS) is 16.2. The highest BCUT2D eigenvalue weighted by atomic mass is 19.1. The van der Waals surface area contributed by atoms with E-state index in [-0.39, 0.29) is 41.4 Å². The maximum absolute atomic E-state index is 14.2. The Balaban J connectivity index is 1.48. The topological polar surface area (TPSA) is 76.3 Å². The molecule has 0 N–H and O–H groups in total. The number of ketones is 2. The molecule has 3 aromatic rings. The highest BCUT2D eigenvalue weighted by Gasteiger charge is 2.46. The molecule has 0 saturated carbocycles. The van der Waals surface area contributed by atoms with Crippen LogP contribution in [0.5, 0.6) is 0 Å². The molecular formula is C30H35F2N3O3. The number of aromatic nitrogens is 2. The lowest BCUT2D eigenvalue weighted by molar-refractivity contribution is -0.126. The minimum atomic E-state index is -0.794. The molecule has 4 rings (SSSR count). The lowest BCUT2D eigenvalue weighted by atomic mass is 9.69. The predicted molar refractivity (Wildman–Crippen MR) is 141 cm³/mol. The number of nitrogens with zero attached hydrogens (tertiary/aromatic N) is 3. The Bertz CT molecular complexity index is 1280. The summed E-state index contributed by atoms with van der Waals surface area (Å²) in [5.41, 5.74) is 0.0350. The quantitative estimate of drug-likeness (QED) is 0.261. The van der Waals surface area contributed by atoms with Gasteiger partial charge in [-0.05, 0) is 30.2 Å². The van der Waals surface area contributed by atoms with Crippen LogP contribution < -0.4 is 0 Å². The summed E-state index contributed by atoms with van der Waals surface area (Å²) in [6, 6.07) is 10.2. The van der Waals surface area contributed by atoms with E-state index in [0.717, 1.165) is 30.8 Å². The second-order valence-electron chi connectivity index (χ2n) is 11.5. The van der Waals surface area contributed by atoms with Crippen LogP contribution in [-0.2, 0) is 10.2 Å². The van der Waals surface area contributed by atoms with Gasteiger partial charge in [0.25, 0.3) is 0 Å². The number of carbonyl (C=O) groups is 2. The van der Waals surface area contributed by atoms with Crippen LogP contribution in [-0.4, -0.2) is 46.2 Å². The van der Waals surface area contributed by atoms with Crippen molar-refractivity contribution < 1.29 is 22.9 Å². The summed E-state index contributed by atoms with van der Waals surface area (Å²) in [6.07, 6.45) is 3.52. The van der Waals surface area contributed by atoms with Gasteiger partial charge < -0.3 is 9.42 Å². The summed E-state index contributed by atoms with van der Waals surface area (Å²) >= 11 is 0. The lowest BCUT2D eigenvalue weighted by Gasteiger charge is -2.51. The molecule has 2 aromatic heterocycles. The van der Waals surface area contributed by atoms with E-state index in [0.29, 0.717) is 25.4 Å². The van der Waals surface area contributed by atoms with Crippen molar-refractivity contribution in [1.82, 2.24) is 15.0 Å². The molecule has 6 nitrogen and oxygen atoms in total. The number of hydrogen-bond acceptors (Lipinski definition) is 6. The van der Waals surface area contributed by atoms with Gasteiger partial charge in [0.2, 0.25) is 0 Å². The van der Waals surface area contributed by atoms with Crippen LogP contribution in [0, 0.1) is 23.0 Å². The summed E-state index contributed by atoms with van der Waals surface area (Å²) < 4.78 is 32.7. The Labute approximate surface area is 222 Å². The third-order valence-electron chi connectivity index (χ3n) is 7.48. The number of likely N-dealkylation sites (tertiary alicyclic amines) is 1. The van der Waals surface area contributed by atoms with Crippen molar-refractivity contribution >= 4 is 11.6 Å². The van der Waals surface area contributed by atoms with Crippen LogP contribution in [0.3, 0.4) is 0 Å². The lowest BCUT2D eigenvalue weighted by Crippen LogP contribution is -2.58. The molecule has 3 heterocycles. The molecule has 1 saturated heterocycles. The van der Waals surface area contributed by atoms with Crippen molar-refractivity contribution in [2.45, 2.75) is 58.8 Å². The van der Waals surface area contributed by atoms with Gasteiger partial charge in [-0.3, -0.25) is 14.6 Å². The van der Waals surface area contributed by atoms with Crippen LogP contribution in [0.1, 0.15) is 69.6 Å². The highest BCUT2D eigenvalue weighted by Crippen LogP contribution is 2.41. The number of pyridine rings is 1. The van der Waals surface area contributed by atoms with E-state index >= 15 is 0 Å². The third kappa shape index (κ3) is 6.41. The summed E-state index contributed by atoms with van der Waals surface area (Å²) in [4.78, 5) is 33.4. The molecule has 202 valence electrons. The average Bonchev–Trinajstić information content (AvgIpc) is 3.33. The van der Waals surface area contributed by atoms with Gasteiger partial charge in [0, 0.05) is 73.8 Å². The van der Waals surface area contributed by atoms with Gasteiger partial charge in [0.05, 0.1) is 5.56 Å². The van der Waals surface area contributed by atoms with Gasteiger partial charge in [0.15, 0.2) is 11.5 Å². The number of halogens is 2. The molecule has 0 amide bonds. The molecule has 1 fully saturated rings. The Morgan fingerprint density at radius 1 is 1.13 bits per heavy atom. The summed E-state index contributed by atoms with van der Waals surface area (Å²) in [7, 11) is 0. The van der Waals surface area contributed by atoms with Crippen molar-refractivity contribution in [3.05, 3.63) is 71.7 Å². The molecule has 1 aliphatic heterocycles. The molecule has 38 heavy (non-hydrogen) atoms. The van der Waals surface area contributed by atoms with Crippen LogP contribution in [0.2, 0.25) is 0 Å². The standard InChI is InChI=1S/C30H35F2N3O3/c1-5-20(2)17-35-18-30(19-35,15-22(36)14-29(3,4)28-8-6-7-11-33-28)16-26(37)25-13-27(38-34-25)23-10-9-21(31)12-24(23)32/h6-13,20H,5,14-19H2,1-4H3. The van der Waals surface area contributed by atoms with E-state index in [1.54, 1.807) is 6.20 Å². The fraction of sp³-hybridized carbons (Fsp3) is 0.467. The fourth-order valence-corrected chi connectivity index (χ4v) is 5.37. The van der Waals surface area contributed by atoms with E-state index < -0.39 is 22.5 Å². The summed E-state index contributed by atoms with van der Waals surface area (Å²) in [5, 5.41) is 3.87. The maximum Gasteiger partial charge on any atom is 0.185 e. The van der Waals surface area contributed by atoms with Crippen molar-refractivity contribution in [2.24, 2.45) is 11.3 Å². The first-order valence-corrected chi connectivity index (χ1v) is 13.1. The fourth-order valence-electron chi connectivity index (χ4n) is 5.37. The van der Waals surface area contributed by atoms with Crippen LogP contribution in [0.15, 0.2) is 53.2 Å². The minimum absolute atomic E-state index is 0.0305. The van der Waals surface area contributed by atoms with Gasteiger partial charge in [0.1, 0.15) is 23.1 Å². The van der Waals surface area contributed by atoms with Gasteiger partial charge >= 0.3 is 0 Å². The Kier molecular flexibility index (Phi) is 8.21. The SMILES string of the molecule is CCC(C)CN1CC(CC(=O)CC(C)(C)c2ccccn2)(CC(=O)c2cc(-c3ccc(F)cc3F)on2)C1. The first-order valence-electron chi connectivity index (χ1n) is 13.1. The summed E-state index contributed by atoms with van der Waals surface area (Å²) in [6.45, 7) is 10.6. The molecule has 0 radical (unpaired) electrons. The zero-order chi connectivity index (χ0) is 27.5. The largest absolute Gasteiger partial charge is 0.355 e. The van der Waals surface area contributed by atoms with Crippen molar-refractivity contribution in [3.8, 4) is 11.3 Å². The van der Waals surface area contributed by atoms with Crippen molar-refractivity contribution in [3.63, 3.8) is 0 Å². The van der Waals surface area contributed by atoms with Crippen LogP contribution in [0.25, 0.3) is 11.3 Å². The van der Waals surface area contributed by atoms with Gasteiger partial charge in [-0.1, -0.05) is 45.3 Å². The first kappa shape index (κ1) is 27.8. The second-order valence-corrected chi connectivity index (χ2v) is 11.5. The number of benzene rings is 1. The van der Waals surface area contributed by atoms with Gasteiger partial charge in [-0.25, -0.2) is 8.78 Å². The molecule has 1 unspecified atom stereocenters. The van der Waals surface area contributed by atoms with Gasteiger partial charge in [-0.2, -0.15) is 0 Å². The van der Waals surface area contributed by atoms with E-state index in [2.05, 4.69) is 28.9 Å². The smallest absolute Gasteiger partial charge is 0.185 e.